The molecule has 0 aromatic rings. The van der Waals surface area contributed by atoms with Crippen LogP contribution in [0, 0.1) is 5.92 Å². The molecule has 0 spiro atoms. The van der Waals surface area contributed by atoms with Crippen molar-refractivity contribution in [2.24, 2.45) is 5.92 Å². The summed E-state index contributed by atoms with van der Waals surface area (Å²) in [5, 5.41) is 0. The molecule has 1 saturated heterocycles. The number of ether oxygens (including phenoxy) is 1. The number of carbonyl (C=O) groups excluding carboxylic acids is 2. The highest BCUT2D eigenvalue weighted by atomic mass is 16.5. The van der Waals surface area contributed by atoms with Crippen LogP contribution >= 0.6 is 0 Å². The molecule has 4 heteroatoms. The van der Waals surface area contributed by atoms with Crippen molar-refractivity contribution in [3.05, 3.63) is 11.6 Å². The molecule has 0 aromatic heterocycles. The molecule has 1 aliphatic carbocycles. The minimum absolute atomic E-state index is 0.0939. The summed E-state index contributed by atoms with van der Waals surface area (Å²) in [5.74, 6) is 0.0776. The Morgan fingerprint density at radius 3 is 2.73 bits per heavy atom. The van der Waals surface area contributed by atoms with Gasteiger partial charge in [0.1, 0.15) is 0 Å². The molecule has 15 heavy (non-hydrogen) atoms. The van der Waals surface area contributed by atoms with Crippen molar-refractivity contribution in [3.63, 3.8) is 0 Å². The molecule has 1 heterocycles. The van der Waals surface area contributed by atoms with Crippen molar-refractivity contribution in [3.8, 4) is 0 Å². The SMILES string of the molecule is COC(=O)C1=C[C@@H](C)[C@H]2[C@@H](C1)N2C(C)=O. The van der Waals surface area contributed by atoms with Gasteiger partial charge in [-0.25, -0.2) is 4.79 Å². The third kappa shape index (κ3) is 1.54. The lowest BCUT2D eigenvalue weighted by Gasteiger charge is -2.12. The van der Waals surface area contributed by atoms with Gasteiger partial charge in [0.05, 0.1) is 19.2 Å². The van der Waals surface area contributed by atoms with Crippen molar-refractivity contribution in [2.75, 3.05) is 7.11 Å². The number of nitrogens with zero attached hydrogens (tertiary/aromatic N) is 1. The summed E-state index contributed by atoms with van der Waals surface area (Å²) >= 11 is 0. The van der Waals surface area contributed by atoms with Gasteiger partial charge in [0, 0.05) is 18.9 Å². The van der Waals surface area contributed by atoms with Crippen LogP contribution < -0.4 is 0 Å². The fourth-order valence-corrected chi connectivity index (χ4v) is 2.56. The topological polar surface area (TPSA) is 46.4 Å². The minimum Gasteiger partial charge on any atom is -0.466 e. The Balaban J connectivity index is 2.12. The van der Waals surface area contributed by atoms with Crippen molar-refractivity contribution in [1.82, 2.24) is 4.90 Å². The average Bonchev–Trinajstić information content (AvgIpc) is 2.91. The molecule has 1 amide bonds. The predicted molar refractivity (Wildman–Crippen MR) is 54.0 cm³/mol. The molecule has 1 fully saturated rings. The number of fused-ring (bicyclic) bond motifs is 1. The second kappa shape index (κ2) is 3.36. The summed E-state index contributed by atoms with van der Waals surface area (Å²) in [4.78, 5) is 24.5. The maximum atomic E-state index is 11.4. The molecule has 0 bridgehead atoms. The number of hydrogen-bond acceptors (Lipinski definition) is 3. The predicted octanol–water partition coefficient (Wildman–Crippen LogP) is 0.725. The maximum Gasteiger partial charge on any atom is 0.333 e. The van der Waals surface area contributed by atoms with Crippen LogP contribution in [-0.2, 0) is 14.3 Å². The van der Waals surface area contributed by atoms with E-state index in [-0.39, 0.29) is 23.8 Å². The van der Waals surface area contributed by atoms with E-state index in [0.29, 0.717) is 18.0 Å². The first-order valence-electron chi connectivity index (χ1n) is 5.14. The summed E-state index contributed by atoms with van der Waals surface area (Å²) in [6.07, 6.45) is 2.57. The fraction of sp³-hybridized carbons (Fsp3) is 0.636. The van der Waals surface area contributed by atoms with Crippen LogP contribution in [0.2, 0.25) is 0 Å². The van der Waals surface area contributed by atoms with E-state index < -0.39 is 0 Å². The Bertz CT molecular complexity index is 348. The smallest absolute Gasteiger partial charge is 0.333 e. The van der Waals surface area contributed by atoms with Gasteiger partial charge in [-0.1, -0.05) is 13.0 Å². The molecule has 3 atom stereocenters. The lowest BCUT2D eigenvalue weighted by Crippen LogP contribution is -2.17. The molecule has 2 aliphatic rings. The molecular formula is C11H15NO3. The van der Waals surface area contributed by atoms with Crippen LogP contribution in [0.15, 0.2) is 11.6 Å². The molecular weight excluding hydrogens is 194 g/mol. The highest BCUT2D eigenvalue weighted by molar-refractivity contribution is 5.89. The Labute approximate surface area is 88.9 Å². The molecule has 0 saturated carbocycles. The van der Waals surface area contributed by atoms with Gasteiger partial charge >= 0.3 is 5.97 Å². The van der Waals surface area contributed by atoms with Crippen LogP contribution in [0.3, 0.4) is 0 Å². The van der Waals surface area contributed by atoms with Gasteiger partial charge in [0.25, 0.3) is 0 Å². The first-order valence-corrected chi connectivity index (χ1v) is 5.14. The lowest BCUT2D eigenvalue weighted by atomic mass is 9.92. The molecule has 1 aliphatic heterocycles. The monoisotopic (exact) mass is 209 g/mol. The summed E-state index contributed by atoms with van der Waals surface area (Å²) in [6.45, 7) is 3.60. The molecule has 0 N–H and O–H groups in total. The van der Waals surface area contributed by atoms with Crippen LogP contribution in [-0.4, -0.2) is 36.0 Å². The average molecular weight is 209 g/mol. The van der Waals surface area contributed by atoms with E-state index in [1.807, 2.05) is 17.9 Å². The van der Waals surface area contributed by atoms with Gasteiger partial charge in [-0.2, -0.15) is 0 Å². The molecule has 82 valence electrons. The Morgan fingerprint density at radius 2 is 2.20 bits per heavy atom. The third-order valence-corrected chi connectivity index (χ3v) is 3.23. The van der Waals surface area contributed by atoms with Gasteiger partial charge in [0.2, 0.25) is 5.91 Å². The van der Waals surface area contributed by atoms with Crippen molar-refractivity contribution < 1.29 is 14.3 Å². The first kappa shape index (κ1) is 10.2. The zero-order valence-corrected chi connectivity index (χ0v) is 9.19. The van der Waals surface area contributed by atoms with Gasteiger partial charge < -0.3 is 9.64 Å². The number of esters is 1. The molecule has 4 nitrogen and oxygen atoms in total. The highest BCUT2D eigenvalue weighted by Crippen LogP contribution is 2.43. The van der Waals surface area contributed by atoms with Crippen molar-refractivity contribution >= 4 is 11.9 Å². The first-order chi connectivity index (χ1) is 7.06. The van der Waals surface area contributed by atoms with Crippen LogP contribution in [0.1, 0.15) is 20.3 Å². The molecule has 0 aromatic carbocycles. The lowest BCUT2D eigenvalue weighted by molar-refractivity contribution is -0.136. The summed E-state index contributed by atoms with van der Waals surface area (Å²) < 4.78 is 4.69. The van der Waals surface area contributed by atoms with E-state index in [1.54, 1.807) is 6.92 Å². The summed E-state index contributed by atoms with van der Waals surface area (Å²) in [7, 11) is 1.38. The quantitative estimate of drug-likeness (QED) is 0.472. The third-order valence-electron chi connectivity index (χ3n) is 3.23. The second-order valence-electron chi connectivity index (χ2n) is 4.23. The minimum atomic E-state index is -0.268. The highest BCUT2D eigenvalue weighted by Gasteiger charge is 2.54. The molecule has 0 radical (unpaired) electrons. The number of hydrogen-bond donors (Lipinski definition) is 0. The van der Waals surface area contributed by atoms with Crippen LogP contribution in [0.25, 0.3) is 0 Å². The van der Waals surface area contributed by atoms with Gasteiger partial charge in [-0.3, -0.25) is 4.79 Å². The number of methoxy groups -OCH3 is 1. The van der Waals surface area contributed by atoms with E-state index in [2.05, 4.69) is 4.74 Å². The van der Waals surface area contributed by atoms with E-state index in [4.69, 9.17) is 0 Å². The second-order valence-corrected chi connectivity index (χ2v) is 4.23. The number of carbonyl (C=O) groups is 2. The Morgan fingerprint density at radius 1 is 1.53 bits per heavy atom. The normalized spacial score (nSPS) is 32.9. The van der Waals surface area contributed by atoms with Crippen molar-refractivity contribution in [1.29, 1.82) is 0 Å². The van der Waals surface area contributed by atoms with E-state index in [0.717, 1.165) is 0 Å². The van der Waals surface area contributed by atoms with E-state index >= 15 is 0 Å². The maximum absolute atomic E-state index is 11.4. The van der Waals surface area contributed by atoms with Gasteiger partial charge in [0.15, 0.2) is 0 Å². The zero-order chi connectivity index (χ0) is 11.2. The van der Waals surface area contributed by atoms with Crippen LogP contribution in [0.5, 0.6) is 0 Å². The standard InChI is InChI=1S/C11H15NO3/c1-6-4-8(11(14)15-3)5-9-10(6)12(9)7(2)13/h4,6,9-10H,5H2,1-3H3/t6-,9-,10+,12?/m1/s1. The van der Waals surface area contributed by atoms with Gasteiger partial charge in [-0.15, -0.1) is 0 Å². The Hall–Kier alpha value is -1.32. The largest absolute Gasteiger partial charge is 0.466 e. The molecule has 2 rings (SSSR count). The van der Waals surface area contributed by atoms with Gasteiger partial charge in [-0.05, 0) is 5.92 Å². The molecule has 0 unspecified atom stereocenters. The summed E-state index contributed by atoms with van der Waals surface area (Å²) in [6, 6.07) is 0.521. The summed E-state index contributed by atoms with van der Waals surface area (Å²) in [5.41, 5.74) is 0.704. The van der Waals surface area contributed by atoms with Crippen molar-refractivity contribution in [2.45, 2.75) is 32.4 Å². The fourth-order valence-electron chi connectivity index (χ4n) is 2.56. The Kier molecular flexibility index (Phi) is 2.29. The number of rotatable bonds is 1. The number of amides is 1. The van der Waals surface area contributed by atoms with E-state index in [9.17, 15) is 9.59 Å². The van der Waals surface area contributed by atoms with Crippen LogP contribution in [0.4, 0.5) is 0 Å². The van der Waals surface area contributed by atoms with E-state index in [1.165, 1.54) is 7.11 Å². The zero-order valence-electron chi connectivity index (χ0n) is 9.19.